The zero-order valence-electron chi connectivity index (χ0n) is 9.38. The van der Waals surface area contributed by atoms with Gasteiger partial charge in [-0.05, 0) is 12.1 Å². The molecule has 2 aromatic rings. The van der Waals surface area contributed by atoms with E-state index in [1.54, 1.807) is 24.3 Å². The monoisotopic (exact) mass is 245 g/mol. The van der Waals surface area contributed by atoms with Gasteiger partial charge in [-0.1, -0.05) is 18.2 Å². The fourth-order valence-corrected chi connectivity index (χ4v) is 1.62. The van der Waals surface area contributed by atoms with E-state index in [4.69, 9.17) is 10.8 Å². The lowest BCUT2D eigenvalue weighted by molar-refractivity contribution is -0.116. The highest BCUT2D eigenvalue weighted by atomic mass is 16.4. The predicted octanol–water partition coefficient (Wildman–Crippen LogP) is 0.830. The lowest BCUT2D eigenvalue weighted by Crippen LogP contribution is -2.22. The maximum atomic E-state index is 11.2. The molecule has 92 valence electrons. The first-order valence-electron chi connectivity index (χ1n) is 5.23. The molecule has 1 amide bonds. The maximum absolute atomic E-state index is 11.2. The average Bonchev–Trinajstić information content (AvgIpc) is 2.35. The molecule has 0 fully saturated rings. The van der Waals surface area contributed by atoms with E-state index in [1.807, 2.05) is 0 Å². The van der Waals surface area contributed by atoms with Crippen LogP contribution >= 0.6 is 0 Å². The summed E-state index contributed by atoms with van der Waals surface area (Å²) in [4.78, 5) is 26.0. The summed E-state index contributed by atoms with van der Waals surface area (Å²) >= 11 is 0. The smallest absolute Gasteiger partial charge is 0.336 e. The SMILES string of the molecule is NC(=O)CNc1cc(C(=O)O)c2ccccc2n1. The number of aromatic nitrogens is 1. The number of nitrogens with two attached hydrogens (primary N) is 1. The first kappa shape index (κ1) is 11.8. The number of pyridine rings is 1. The summed E-state index contributed by atoms with van der Waals surface area (Å²) in [5.74, 6) is -1.28. The topological polar surface area (TPSA) is 105 Å². The van der Waals surface area contributed by atoms with E-state index in [-0.39, 0.29) is 12.1 Å². The minimum Gasteiger partial charge on any atom is -0.478 e. The van der Waals surface area contributed by atoms with Crippen LogP contribution in [0.5, 0.6) is 0 Å². The molecule has 0 saturated carbocycles. The van der Waals surface area contributed by atoms with E-state index in [0.29, 0.717) is 16.7 Å². The van der Waals surface area contributed by atoms with Crippen LogP contribution in [0.3, 0.4) is 0 Å². The fraction of sp³-hybridized carbons (Fsp3) is 0.0833. The molecule has 6 nitrogen and oxygen atoms in total. The maximum Gasteiger partial charge on any atom is 0.336 e. The number of rotatable bonds is 4. The molecule has 1 aromatic heterocycles. The van der Waals surface area contributed by atoms with Gasteiger partial charge < -0.3 is 16.2 Å². The van der Waals surface area contributed by atoms with Gasteiger partial charge in [-0.2, -0.15) is 0 Å². The molecule has 18 heavy (non-hydrogen) atoms. The third-order valence-electron chi connectivity index (χ3n) is 2.39. The number of amides is 1. The average molecular weight is 245 g/mol. The predicted molar refractivity (Wildman–Crippen MR) is 66.4 cm³/mol. The van der Waals surface area contributed by atoms with Gasteiger partial charge in [0.25, 0.3) is 0 Å². The molecule has 0 aliphatic heterocycles. The van der Waals surface area contributed by atoms with Gasteiger partial charge in [0, 0.05) is 5.39 Å². The lowest BCUT2D eigenvalue weighted by Gasteiger charge is -2.07. The van der Waals surface area contributed by atoms with E-state index >= 15 is 0 Å². The summed E-state index contributed by atoms with van der Waals surface area (Å²) in [6.07, 6.45) is 0. The van der Waals surface area contributed by atoms with Gasteiger partial charge in [0.15, 0.2) is 0 Å². The zero-order valence-corrected chi connectivity index (χ0v) is 9.38. The van der Waals surface area contributed by atoms with Crippen LogP contribution in [0.1, 0.15) is 10.4 Å². The van der Waals surface area contributed by atoms with E-state index in [9.17, 15) is 9.59 Å². The highest BCUT2D eigenvalue weighted by Crippen LogP contribution is 2.20. The number of carboxylic acid groups (broad SMARTS) is 1. The molecule has 0 radical (unpaired) electrons. The summed E-state index contributed by atoms with van der Waals surface area (Å²) in [5, 5.41) is 12.4. The van der Waals surface area contributed by atoms with Crippen LogP contribution in [0, 0.1) is 0 Å². The number of para-hydroxylation sites is 1. The number of hydrogen-bond donors (Lipinski definition) is 3. The molecule has 6 heteroatoms. The van der Waals surface area contributed by atoms with Crippen molar-refractivity contribution in [2.24, 2.45) is 5.73 Å². The minimum absolute atomic E-state index is 0.0929. The highest BCUT2D eigenvalue weighted by molar-refractivity contribution is 6.03. The first-order chi connectivity index (χ1) is 8.58. The molecular formula is C12H11N3O3. The number of anilines is 1. The Bertz CT molecular complexity index is 625. The number of nitrogens with zero attached hydrogens (tertiary/aromatic N) is 1. The van der Waals surface area contributed by atoms with Crippen LogP contribution in [-0.4, -0.2) is 28.5 Å². The Morgan fingerprint density at radius 1 is 1.33 bits per heavy atom. The number of primary amides is 1. The molecule has 1 heterocycles. The van der Waals surface area contributed by atoms with E-state index in [2.05, 4.69) is 10.3 Å². The van der Waals surface area contributed by atoms with Gasteiger partial charge in [0.2, 0.25) is 5.91 Å². The molecule has 0 unspecified atom stereocenters. The fourth-order valence-electron chi connectivity index (χ4n) is 1.62. The normalized spacial score (nSPS) is 10.2. The van der Waals surface area contributed by atoms with Gasteiger partial charge in [0.05, 0.1) is 17.6 Å². The van der Waals surface area contributed by atoms with Gasteiger partial charge in [-0.3, -0.25) is 4.79 Å². The molecule has 0 spiro atoms. The Kier molecular flexibility index (Phi) is 3.09. The van der Waals surface area contributed by atoms with Crippen molar-refractivity contribution in [3.05, 3.63) is 35.9 Å². The number of carboxylic acids is 1. The molecule has 0 bridgehead atoms. The van der Waals surface area contributed by atoms with Crippen molar-refractivity contribution in [3.63, 3.8) is 0 Å². The standard InChI is InChI=1S/C12H11N3O3/c13-10(16)6-14-11-5-8(12(17)18)7-3-1-2-4-9(7)15-11/h1-5H,6H2,(H2,13,16)(H,14,15)(H,17,18). The Morgan fingerprint density at radius 2 is 2.06 bits per heavy atom. The Balaban J connectivity index is 2.50. The van der Waals surface area contributed by atoms with Crippen LogP contribution < -0.4 is 11.1 Å². The van der Waals surface area contributed by atoms with Crippen molar-refractivity contribution in [1.29, 1.82) is 0 Å². The van der Waals surface area contributed by atoms with E-state index in [1.165, 1.54) is 6.07 Å². The minimum atomic E-state index is -1.05. The van der Waals surface area contributed by atoms with Crippen molar-refractivity contribution >= 4 is 28.6 Å². The van der Waals surface area contributed by atoms with Crippen molar-refractivity contribution in [2.45, 2.75) is 0 Å². The molecule has 4 N–H and O–H groups in total. The molecule has 0 aliphatic rings. The second-order valence-electron chi connectivity index (χ2n) is 3.70. The van der Waals surface area contributed by atoms with Crippen LogP contribution in [0.25, 0.3) is 10.9 Å². The number of nitrogens with one attached hydrogen (secondary N) is 1. The third kappa shape index (κ3) is 2.37. The molecule has 1 aromatic carbocycles. The largest absolute Gasteiger partial charge is 0.478 e. The number of aromatic carboxylic acids is 1. The van der Waals surface area contributed by atoms with Gasteiger partial charge in [0.1, 0.15) is 5.82 Å². The van der Waals surface area contributed by atoms with Crippen LogP contribution in [0.15, 0.2) is 30.3 Å². The first-order valence-corrected chi connectivity index (χ1v) is 5.23. The lowest BCUT2D eigenvalue weighted by atomic mass is 10.1. The van der Waals surface area contributed by atoms with Crippen molar-refractivity contribution in [2.75, 3.05) is 11.9 Å². The molecule has 0 atom stereocenters. The molecule has 0 aliphatic carbocycles. The number of benzene rings is 1. The van der Waals surface area contributed by atoms with Gasteiger partial charge in [-0.15, -0.1) is 0 Å². The summed E-state index contributed by atoms with van der Waals surface area (Å²) in [5.41, 5.74) is 5.68. The molecule has 2 rings (SSSR count). The summed E-state index contributed by atoms with van der Waals surface area (Å²) in [6.45, 7) is -0.0929. The number of carbonyl (C=O) groups is 2. The van der Waals surface area contributed by atoms with Crippen LogP contribution in [0.4, 0.5) is 5.82 Å². The van der Waals surface area contributed by atoms with E-state index in [0.717, 1.165) is 0 Å². The summed E-state index contributed by atoms with van der Waals surface area (Å²) in [7, 11) is 0. The van der Waals surface area contributed by atoms with Crippen LogP contribution in [-0.2, 0) is 4.79 Å². The Hall–Kier alpha value is -2.63. The zero-order chi connectivity index (χ0) is 13.1. The summed E-state index contributed by atoms with van der Waals surface area (Å²) in [6, 6.07) is 8.28. The highest BCUT2D eigenvalue weighted by Gasteiger charge is 2.11. The number of hydrogen-bond acceptors (Lipinski definition) is 4. The molecule has 0 saturated heterocycles. The second kappa shape index (κ2) is 4.70. The summed E-state index contributed by atoms with van der Waals surface area (Å²) < 4.78 is 0. The van der Waals surface area contributed by atoms with Gasteiger partial charge >= 0.3 is 5.97 Å². The van der Waals surface area contributed by atoms with Gasteiger partial charge in [-0.25, -0.2) is 9.78 Å². The van der Waals surface area contributed by atoms with Crippen LogP contribution in [0.2, 0.25) is 0 Å². The van der Waals surface area contributed by atoms with Crippen molar-refractivity contribution in [1.82, 2.24) is 4.98 Å². The van der Waals surface area contributed by atoms with Crippen molar-refractivity contribution < 1.29 is 14.7 Å². The Morgan fingerprint density at radius 3 is 2.72 bits per heavy atom. The van der Waals surface area contributed by atoms with Crippen molar-refractivity contribution in [3.8, 4) is 0 Å². The Labute approximate surface area is 102 Å². The van der Waals surface area contributed by atoms with E-state index < -0.39 is 11.9 Å². The third-order valence-corrected chi connectivity index (χ3v) is 2.39. The molecular weight excluding hydrogens is 234 g/mol. The number of carbonyl (C=O) groups excluding carboxylic acids is 1. The second-order valence-corrected chi connectivity index (χ2v) is 3.70. The quantitative estimate of drug-likeness (QED) is 0.739. The number of fused-ring (bicyclic) bond motifs is 1.